The van der Waals surface area contributed by atoms with Crippen LogP contribution in [0.4, 0.5) is 5.69 Å². The van der Waals surface area contributed by atoms with Crippen molar-refractivity contribution < 1.29 is 4.74 Å². The molecule has 0 spiro atoms. The Morgan fingerprint density at radius 1 is 1.33 bits per heavy atom. The Bertz CT molecular complexity index is 877. The number of fused-ring (bicyclic) bond motifs is 1. The second kappa shape index (κ2) is 4.76. The normalized spacial score (nSPS) is 10.5. The number of hydrogen-bond acceptors (Lipinski definition) is 6. The van der Waals surface area contributed by atoms with Crippen molar-refractivity contribution in [1.82, 2.24) is 19.5 Å². The van der Waals surface area contributed by atoms with Gasteiger partial charge in [-0.2, -0.15) is 10.2 Å². The molecule has 7 nitrogen and oxygen atoms in total. The fourth-order valence-electron chi connectivity index (χ4n) is 1.97. The lowest BCUT2D eigenvalue weighted by atomic mass is 10.2. The first-order chi connectivity index (χ1) is 10.1. The molecule has 3 aromatic heterocycles. The SMILES string of the molecule is Cc1cc(C#N)ncc1Oc1cc(N)c2ncn(C)c2n1. The summed E-state index contributed by atoms with van der Waals surface area (Å²) in [7, 11) is 1.83. The molecule has 104 valence electrons. The third kappa shape index (κ3) is 2.23. The Kier molecular flexibility index (Phi) is 2.92. The molecule has 3 heterocycles. The van der Waals surface area contributed by atoms with Gasteiger partial charge in [-0.15, -0.1) is 0 Å². The fourth-order valence-corrected chi connectivity index (χ4v) is 1.97. The van der Waals surface area contributed by atoms with Gasteiger partial charge in [0.25, 0.3) is 0 Å². The first kappa shape index (κ1) is 12.9. The molecule has 0 aliphatic carbocycles. The van der Waals surface area contributed by atoms with Crippen molar-refractivity contribution >= 4 is 16.9 Å². The highest BCUT2D eigenvalue weighted by atomic mass is 16.5. The molecule has 0 fully saturated rings. The lowest BCUT2D eigenvalue weighted by Crippen LogP contribution is -1.97. The minimum Gasteiger partial charge on any atom is -0.437 e. The van der Waals surface area contributed by atoms with Crippen LogP contribution in [0.25, 0.3) is 11.2 Å². The number of pyridine rings is 2. The van der Waals surface area contributed by atoms with Gasteiger partial charge in [0.2, 0.25) is 5.88 Å². The van der Waals surface area contributed by atoms with Gasteiger partial charge < -0.3 is 15.0 Å². The molecule has 0 saturated heterocycles. The highest BCUT2D eigenvalue weighted by Gasteiger charge is 2.11. The molecule has 0 aliphatic rings. The number of imidazole rings is 1. The highest BCUT2D eigenvalue weighted by molar-refractivity contribution is 5.84. The summed E-state index contributed by atoms with van der Waals surface area (Å²) >= 11 is 0. The van der Waals surface area contributed by atoms with Crippen LogP contribution in [0, 0.1) is 18.3 Å². The zero-order valence-corrected chi connectivity index (χ0v) is 11.5. The van der Waals surface area contributed by atoms with Crippen molar-refractivity contribution in [2.75, 3.05) is 5.73 Å². The zero-order chi connectivity index (χ0) is 15.0. The summed E-state index contributed by atoms with van der Waals surface area (Å²) in [5, 5.41) is 8.81. The molecule has 3 aromatic rings. The summed E-state index contributed by atoms with van der Waals surface area (Å²) in [5.41, 5.74) is 8.87. The van der Waals surface area contributed by atoms with Crippen LogP contribution in [-0.2, 0) is 7.05 Å². The zero-order valence-electron chi connectivity index (χ0n) is 11.5. The number of nitrogens with two attached hydrogens (primary N) is 1. The van der Waals surface area contributed by atoms with E-state index in [4.69, 9.17) is 15.7 Å². The van der Waals surface area contributed by atoms with Gasteiger partial charge in [0.1, 0.15) is 17.3 Å². The number of aromatic nitrogens is 4. The monoisotopic (exact) mass is 280 g/mol. The number of rotatable bonds is 2. The number of nitrogen functional groups attached to an aromatic ring is 1. The molecule has 0 aliphatic heterocycles. The average molecular weight is 280 g/mol. The maximum Gasteiger partial charge on any atom is 0.223 e. The van der Waals surface area contributed by atoms with Crippen LogP contribution in [0.3, 0.4) is 0 Å². The Balaban J connectivity index is 2.02. The van der Waals surface area contributed by atoms with E-state index in [9.17, 15) is 0 Å². The van der Waals surface area contributed by atoms with Gasteiger partial charge in [-0.3, -0.25) is 0 Å². The van der Waals surface area contributed by atoms with Crippen molar-refractivity contribution in [1.29, 1.82) is 5.26 Å². The van der Waals surface area contributed by atoms with Crippen LogP contribution >= 0.6 is 0 Å². The molecule has 0 aromatic carbocycles. The molecule has 0 saturated carbocycles. The summed E-state index contributed by atoms with van der Waals surface area (Å²) in [4.78, 5) is 12.5. The predicted octanol–water partition coefficient (Wildman–Crippen LogP) is 1.92. The van der Waals surface area contributed by atoms with Crippen LogP contribution < -0.4 is 10.5 Å². The Labute approximate surface area is 120 Å². The van der Waals surface area contributed by atoms with Crippen molar-refractivity contribution in [2.24, 2.45) is 7.05 Å². The minimum absolute atomic E-state index is 0.342. The van der Waals surface area contributed by atoms with E-state index in [-0.39, 0.29) is 0 Å². The molecule has 0 atom stereocenters. The minimum atomic E-state index is 0.342. The van der Waals surface area contributed by atoms with Crippen LogP contribution in [0.2, 0.25) is 0 Å². The number of nitrogens with zero attached hydrogens (tertiary/aromatic N) is 5. The summed E-state index contributed by atoms with van der Waals surface area (Å²) in [5.74, 6) is 0.889. The highest BCUT2D eigenvalue weighted by Crippen LogP contribution is 2.27. The third-order valence-corrected chi connectivity index (χ3v) is 3.07. The Morgan fingerprint density at radius 2 is 2.14 bits per heavy atom. The first-order valence-corrected chi connectivity index (χ1v) is 6.20. The largest absolute Gasteiger partial charge is 0.437 e. The molecule has 21 heavy (non-hydrogen) atoms. The van der Waals surface area contributed by atoms with E-state index in [0.29, 0.717) is 34.2 Å². The van der Waals surface area contributed by atoms with Crippen molar-refractivity contribution in [3.8, 4) is 17.7 Å². The Morgan fingerprint density at radius 3 is 2.86 bits per heavy atom. The standard InChI is InChI=1S/C14H12N6O/c1-8-3-9(5-15)17-6-11(8)21-12-4-10(16)13-14(19-12)20(2)7-18-13/h3-4,6-7H,1-2H3,(H2,16,19). The van der Waals surface area contributed by atoms with E-state index in [1.165, 1.54) is 6.20 Å². The van der Waals surface area contributed by atoms with Crippen LogP contribution in [0.1, 0.15) is 11.3 Å². The summed E-state index contributed by atoms with van der Waals surface area (Å²) < 4.78 is 7.48. The van der Waals surface area contributed by atoms with E-state index < -0.39 is 0 Å². The number of nitriles is 1. The molecule has 3 rings (SSSR count). The van der Waals surface area contributed by atoms with E-state index in [2.05, 4.69) is 15.0 Å². The summed E-state index contributed by atoms with van der Waals surface area (Å²) in [6, 6.07) is 5.25. The van der Waals surface area contributed by atoms with Crippen LogP contribution in [-0.4, -0.2) is 19.5 Å². The van der Waals surface area contributed by atoms with Gasteiger partial charge in [-0.05, 0) is 18.6 Å². The molecule has 0 bridgehead atoms. The van der Waals surface area contributed by atoms with Gasteiger partial charge >= 0.3 is 0 Å². The topological polar surface area (TPSA) is 103 Å². The quantitative estimate of drug-likeness (QED) is 0.769. The van der Waals surface area contributed by atoms with Crippen molar-refractivity contribution in [3.05, 3.63) is 35.9 Å². The number of anilines is 1. The fraction of sp³-hybridized carbons (Fsp3) is 0.143. The van der Waals surface area contributed by atoms with Gasteiger partial charge in [0.15, 0.2) is 11.4 Å². The molecule has 0 amide bonds. The van der Waals surface area contributed by atoms with Gasteiger partial charge in [0, 0.05) is 13.1 Å². The van der Waals surface area contributed by atoms with Crippen LogP contribution in [0.5, 0.6) is 11.6 Å². The predicted molar refractivity (Wildman–Crippen MR) is 76.7 cm³/mol. The first-order valence-electron chi connectivity index (χ1n) is 6.20. The molecular formula is C14H12N6O. The number of aryl methyl sites for hydroxylation is 2. The second-order valence-corrected chi connectivity index (χ2v) is 4.63. The smallest absolute Gasteiger partial charge is 0.223 e. The molecule has 7 heteroatoms. The van der Waals surface area contributed by atoms with E-state index >= 15 is 0 Å². The lowest BCUT2D eigenvalue weighted by molar-refractivity contribution is 0.459. The molecule has 2 N–H and O–H groups in total. The van der Waals surface area contributed by atoms with Crippen LogP contribution in [0.15, 0.2) is 24.7 Å². The van der Waals surface area contributed by atoms with Crippen molar-refractivity contribution in [3.63, 3.8) is 0 Å². The summed E-state index contributed by atoms with van der Waals surface area (Å²) in [6.45, 7) is 1.84. The van der Waals surface area contributed by atoms with Crippen molar-refractivity contribution in [2.45, 2.75) is 6.92 Å². The maximum absolute atomic E-state index is 8.81. The molecule has 0 unspecified atom stereocenters. The van der Waals surface area contributed by atoms with Gasteiger partial charge in [0.05, 0.1) is 18.2 Å². The van der Waals surface area contributed by atoms with Gasteiger partial charge in [-0.25, -0.2) is 9.97 Å². The molecule has 0 radical (unpaired) electrons. The summed E-state index contributed by atoms with van der Waals surface area (Å²) in [6.07, 6.45) is 3.14. The third-order valence-electron chi connectivity index (χ3n) is 3.07. The second-order valence-electron chi connectivity index (χ2n) is 4.63. The Hall–Kier alpha value is -3.14. The van der Waals surface area contributed by atoms with E-state index in [1.54, 1.807) is 23.0 Å². The molecular weight excluding hydrogens is 268 g/mol. The number of ether oxygens (including phenoxy) is 1. The average Bonchev–Trinajstić information content (AvgIpc) is 2.83. The lowest BCUT2D eigenvalue weighted by Gasteiger charge is -2.08. The number of hydrogen-bond donors (Lipinski definition) is 1. The van der Waals surface area contributed by atoms with E-state index in [0.717, 1.165) is 5.56 Å². The maximum atomic E-state index is 8.81. The van der Waals surface area contributed by atoms with Gasteiger partial charge in [-0.1, -0.05) is 0 Å². The van der Waals surface area contributed by atoms with E-state index in [1.807, 2.05) is 20.0 Å².